The van der Waals surface area contributed by atoms with Crippen molar-refractivity contribution in [1.29, 1.82) is 0 Å². The molecule has 0 atom stereocenters. The number of benzene rings is 9. The Morgan fingerprint density at radius 2 is 0.667 bits per heavy atom. The zero-order valence-corrected chi connectivity index (χ0v) is 32.7. The number of para-hydroxylation sites is 1. The van der Waals surface area contributed by atoms with Crippen molar-refractivity contribution in [3.8, 4) is 78.5 Å². The average Bonchev–Trinajstić information content (AvgIpc) is 3.34. The normalized spacial score (nSPS) is 11.3. The fraction of sp³-hybridized carbons (Fsp3) is 0. The molecule has 0 N–H and O–H groups in total. The van der Waals surface area contributed by atoms with E-state index < -0.39 is 0 Å². The molecule has 2 heterocycles. The van der Waals surface area contributed by atoms with E-state index in [2.05, 4.69) is 212 Å². The number of fused-ring (bicyclic) bond motifs is 5. The van der Waals surface area contributed by atoms with E-state index in [1.807, 2.05) is 12.1 Å². The van der Waals surface area contributed by atoms with Crippen LogP contribution in [0.3, 0.4) is 0 Å². The highest BCUT2D eigenvalue weighted by Gasteiger charge is 2.15. The van der Waals surface area contributed by atoms with E-state index in [0.717, 1.165) is 61.4 Å². The molecule has 3 nitrogen and oxygen atoms in total. The number of nitrogens with zero attached hydrogens (tertiary/aromatic N) is 3. The minimum Gasteiger partial charge on any atom is -0.247 e. The Labute approximate surface area is 349 Å². The van der Waals surface area contributed by atoms with E-state index >= 15 is 0 Å². The SMILES string of the molecule is c1ccc(-c2ccc(-c3cc(-c4ccc(-c5ccccc5)cc4)nc(-c4ccc(-c5ccc(-c6nc7ccccc7c7c6ccc6ccccc67)cc5)cc4)n3)cc2)cc1. The third kappa shape index (κ3) is 6.58. The van der Waals surface area contributed by atoms with Gasteiger partial charge in [0.2, 0.25) is 0 Å². The van der Waals surface area contributed by atoms with Gasteiger partial charge in [-0.25, -0.2) is 15.0 Å². The quantitative estimate of drug-likeness (QED) is 0.152. The van der Waals surface area contributed by atoms with Gasteiger partial charge in [-0.3, -0.25) is 0 Å². The van der Waals surface area contributed by atoms with Gasteiger partial charge < -0.3 is 0 Å². The van der Waals surface area contributed by atoms with Gasteiger partial charge in [0, 0.05) is 38.4 Å². The molecule has 0 fully saturated rings. The van der Waals surface area contributed by atoms with Gasteiger partial charge in [-0.1, -0.05) is 212 Å². The summed E-state index contributed by atoms with van der Waals surface area (Å²) >= 11 is 0. The number of rotatable bonds is 7. The molecule has 11 rings (SSSR count). The fourth-order valence-electron chi connectivity index (χ4n) is 8.37. The molecule has 9 aromatic carbocycles. The lowest BCUT2D eigenvalue weighted by Crippen LogP contribution is -1.96. The Morgan fingerprint density at radius 3 is 1.22 bits per heavy atom. The minimum absolute atomic E-state index is 0.686. The fourth-order valence-corrected chi connectivity index (χ4v) is 8.37. The maximum absolute atomic E-state index is 5.21. The maximum atomic E-state index is 5.21. The molecule has 0 radical (unpaired) electrons. The summed E-state index contributed by atoms with van der Waals surface area (Å²) in [5, 5.41) is 6.06. The van der Waals surface area contributed by atoms with Crippen molar-refractivity contribution in [2.75, 3.05) is 0 Å². The van der Waals surface area contributed by atoms with Crippen LogP contribution in [0.2, 0.25) is 0 Å². The van der Waals surface area contributed by atoms with Gasteiger partial charge in [-0.2, -0.15) is 0 Å². The molecule has 0 spiro atoms. The second-order valence-electron chi connectivity index (χ2n) is 15.2. The van der Waals surface area contributed by atoms with Crippen LogP contribution in [0.4, 0.5) is 0 Å². The van der Waals surface area contributed by atoms with Crippen molar-refractivity contribution in [2.24, 2.45) is 0 Å². The molecule has 0 saturated carbocycles. The summed E-state index contributed by atoms with van der Waals surface area (Å²) in [5.41, 5.74) is 14.9. The predicted molar refractivity (Wildman–Crippen MR) is 250 cm³/mol. The topological polar surface area (TPSA) is 38.7 Å². The van der Waals surface area contributed by atoms with Crippen molar-refractivity contribution in [3.63, 3.8) is 0 Å². The van der Waals surface area contributed by atoms with E-state index in [1.54, 1.807) is 0 Å². The van der Waals surface area contributed by atoms with E-state index in [9.17, 15) is 0 Å². The Hall–Kier alpha value is -8.01. The van der Waals surface area contributed by atoms with Gasteiger partial charge in [-0.05, 0) is 56.3 Å². The molecule has 0 aliphatic carbocycles. The van der Waals surface area contributed by atoms with Crippen LogP contribution in [-0.2, 0) is 0 Å². The molecule has 2 aromatic heterocycles. The molecule has 0 aliphatic heterocycles. The van der Waals surface area contributed by atoms with Crippen molar-refractivity contribution in [1.82, 2.24) is 15.0 Å². The Bertz CT molecular complexity index is 3190. The lowest BCUT2D eigenvalue weighted by atomic mass is 9.94. The highest BCUT2D eigenvalue weighted by atomic mass is 14.9. The van der Waals surface area contributed by atoms with E-state index in [0.29, 0.717) is 5.82 Å². The average molecular weight is 764 g/mol. The smallest absolute Gasteiger partial charge is 0.160 e. The van der Waals surface area contributed by atoms with Crippen LogP contribution in [0.1, 0.15) is 0 Å². The van der Waals surface area contributed by atoms with Crippen LogP contribution in [0.5, 0.6) is 0 Å². The lowest BCUT2D eigenvalue weighted by Gasteiger charge is -2.13. The van der Waals surface area contributed by atoms with Crippen molar-refractivity contribution >= 4 is 32.4 Å². The summed E-state index contributed by atoms with van der Waals surface area (Å²) in [6, 6.07) is 79.2. The van der Waals surface area contributed by atoms with Crippen LogP contribution in [0.15, 0.2) is 224 Å². The number of hydrogen-bond acceptors (Lipinski definition) is 3. The van der Waals surface area contributed by atoms with Crippen LogP contribution >= 0.6 is 0 Å². The second kappa shape index (κ2) is 15.1. The van der Waals surface area contributed by atoms with Gasteiger partial charge in [0.1, 0.15) is 0 Å². The van der Waals surface area contributed by atoms with Crippen molar-refractivity contribution < 1.29 is 0 Å². The zero-order chi connectivity index (χ0) is 39.8. The summed E-state index contributed by atoms with van der Waals surface area (Å²) in [5.74, 6) is 0.686. The first-order valence-electron chi connectivity index (χ1n) is 20.3. The van der Waals surface area contributed by atoms with E-state index in [-0.39, 0.29) is 0 Å². The molecular weight excluding hydrogens is 727 g/mol. The van der Waals surface area contributed by atoms with Crippen LogP contribution in [-0.4, -0.2) is 15.0 Å². The van der Waals surface area contributed by atoms with Crippen molar-refractivity contribution in [3.05, 3.63) is 224 Å². The first-order valence-corrected chi connectivity index (χ1v) is 20.3. The predicted octanol–water partition coefficient (Wildman–Crippen LogP) is 15.0. The standard InChI is InChI=1S/C57H37N3/c1-3-11-38(12-4-1)40-19-27-45(28-20-40)53-37-54(46-29-21-41(22-30-46)39-13-5-2-6-14-39)60-57(59-53)48-33-25-43(26-34-48)42-23-31-47(32-24-42)56-51-36-35-44-15-7-8-16-49(44)55(51)50-17-9-10-18-52(50)58-56/h1-37H. The van der Waals surface area contributed by atoms with Crippen LogP contribution < -0.4 is 0 Å². The van der Waals surface area contributed by atoms with Crippen LogP contribution in [0, 0.1) is 0 Å². The van der Waals surface area contributed by atoms with Crippen molar-refractivity contribution in [2.45, 2.75) is 0 Å². The molecule has 0 aliphatic rings. The highest BCUT2D eigenvalue weighted by Crippen LogP contribution is 2.38. The molecule has 280 valence electrons. The summed E-state index contributed by atoms with van der Waals surface area (Å²) in [4.78, 5) is 15.5. The number of hydrogen-bond donors (Lipinski definition) is 0. The third-order valence-corrected chi connectivity index (χ3v) is 11.5. The van der Waals surface area contributed by atoms with E-state index in [1.165, 1.54) is 43.8 Å². The second-order valence-corrected chi connectivity index (χ2v) is 15.2. The largest absolute Gasteiger partial charge is 0.247 e. The van der Waals surface area contributed by atoms with Gasteiger partial charge in [0.05, 0.1) is 22.6 Å². The summed E-state index contributed by atoms with van der Waals surface area (Å²) in [6.45, 7) is 0. The molecule has 3 heteroatoms. The highest BCUT2D eigenvalue weighted by molar-refractivity contribution is 6.22. The van der Waals surface area contributed by atoms with E-state index in [4.69, 9.17) is 15.0 Å². The van der Waals surface area contributed by atoms with Gasteiger partial charge in [-0.15, -0.1) is 0 Å². The molecule has 0 unspecified atom stereocenters. The molecule has 60 heavy (non-hydrogen) atoms. The maximum Gasteiger partial charge on any atom is 0.160 e. The number of pyridine rings is 1. The first-order chi connectivity index (χ1) is 29.7. The molecule has 0 amide bonds. The van der Waals surface area contributed by atoms with Gasteiger partial charge in [0.25, 0.3) is 0 Å². The lowest BCUT2D eigenvalue weighted by molar-refractivity contribution is 1.18. The Morgan fingerprint density at radius 1 is 0.250 bits per heavy atom. The monoisotopic (exact) mass is 763 g/mol. The Balaban J connectivity index is 0.938. The minimum atomic E-state index is 0.686. The molecular formula is C57H37N3. The summed E-state index contributed by atoms with van der Waals surface area (Å²) in [6.07, 6.45) is 0. The van der Waals surface area contributed by atoms with Gasteiger partial charge >= 0.3 is 0 Å². The molecule has 0 bridgehead atoms. The summed E-state index contributed by atoms with van der Waals surface area (Å²) in [7, 11) is 0. The number of aromatic nitrogens is 3. The molecule has 11 aromatic rings. The first kappa shape index (κ1) is 35.2. The third-order valence-electron chi connectivity index (χ3n) is 11.5. The molecule has 0 saturated heterocycles. The Kier molecular flexibility index (Phi) is 8.83. The van der Waals surface area contributed by atoms with Gasteiger partial charge in [0.15, 0.2) is 5.82 Å². The summed E-state index contributed by atoms with van der Waals surface area (Å²) < 4.78 is 0. The zero-order valence-electron chi connectivity index (χ0n) is 32.7. The van der Waals surface area contributed by atoms with Crippen LogP contribution in [0.25, 0.3) is 111 Å².